The number of hydrogen-bond acceptors (Lipinski definition) is 5. The van der Waals surface area contributed by atoms with Gasteiger partial charge in [-0.3, -0.25) is 9.59 Å². The molecule has 7 nitrogen and oxygen atoms in total. The fraction of sp³-hybridized carbons (Fsp3) is 0.190. The summed E-state index contributed by atoms with van der Waals surface area (Å²) in [5.41, 5.74) is 3.46. The summed E-state index contributed by atoms with van der Waals surface area (Å²) in [6.45, 7) is 2.27. The van der Waals surface area contributed by atoms with E-state index in [-0.39, 0.29) is 11.8 Å². The first-order valence-corrected chi connectivity index (χ1v) is 9.07. The van der Waals surface area contributed by atoms with E-state index in [0.29, 0.717) is 31.0 Å². The molecule has 1 fully saturated rings. The molecule has 0 bridgehead atoms. The molecule has 2 amide bonds. The molecule has 3 aromatic rings. The SMILES string of the molecule is O=C1CN(c2ccc(CNC(=O)c3ccc(-c4cnco4)cc3)cc2)CCN1. The third-order valence-electron chi connectivity index (χ3n) is 4.66. The second-order valence-corrected chi connectivity index (χ2v) is 6.56. The lowest BCUT2D eigenvalue weighted by molar-refractivity contribution is -0.120. The van der Waals surface area contributed by atoms with E-state index in [4.69, 9.17) is 4.42 Å². The highest BCUT2D eigenvalue weighted by atomic mass is 16.3. The number of oxazole rings is 1. The van der Waals surface area contributed by atoms with E-state index in [1.54, 1.807) is 18.3 Å². The lowest BCUT2D eigenvalue weighted by Crippen LogP contribution is -2.47. The van der Waals surface area contributed by atoms with Gasteiger partial charge < -0.3 is 20.0 Å². The minimum Gasteiger partial charge on any atom is -0.444 e. The van der Waals surface area contributed by atoms with Gasteiger partial charge in [0, 0.05) is 36.4 Å². The molecule has 28 heavy (non-hydrogen) atoms. The molecule has 2 N–H and O–H groups in total. The van der Waals surface area contributed by atoms with Crippen LogP contribution in [0.15, 0.2) is 65.5 Å². The summed E-state index contributed by atoms with van der Waals surface area (Å²) < 4.78 is 5.25. The molecular weight excluding hydrogens is 356 g/mol. The van der Waals surface area contributed by atoms with E-state index in [0.717, 1.165) is 23.4 Å². The molecule has 4 rings (SSSR count). The van der Waals surface area contributed by atoms with Crippen molar-refractivity contribution in [2.45, 2.75) is 6.54 Å². The first kappa shape index (κ1) is 17.8. The summed E-state index contributed by atoms with van der Waals surface area (Å²) in [6, 6.07) is 15.1. The van der Waals surface area contributed by atoms with E-state index in [1.807, 2.05) is 41.3 Å². The van der Waals surface area contributed by atoms with Gasteiger partial charge in [0.15, 0.2) is 12.2 Å². The van der Waals surface area contributed by atoms with Gasteiger partial charge in [-0.25, -0.2) is 4.98 Å². The lowest BCUT2D eigenvalue weighted by Gasteiger charge is -2.28. The zero-order chi connectivity index (χ0) is 19.3. The summed E-state index contributed by atoms with van der Waals surface area (Å²) in [6.07, 6.45) is 3.01. The normalized spacial score (nSPS) is 13.9. The molecule has 1 saturated heterocycles. The van der Waals surface area contributed by atoms with Crippen molar-refractivity contribution in [1.82, 2.24) is 15.6 Å². The molecule has 7 heteroatoms. The van der Waals surface area contributed by atoms with Crippen LogP contribution in [0.4, 0.5) is 5.69 Å². The van der Waals surface area contributed by atoms with Crippen LogP contribution in [-0.2, 0) is 11.3 Å². The number of carbonyl (C=O) groups excluding carboxylic acids is 2. The third kappa shape index (κ3) is 4.03. The second-order valence-electron chi connectivity index (χ2n) is 6.56. The molecular formula is C21H20N4O3. The smallest absolute Gasteiger partial charge is 0.251 e. The van der Waals surface area contributed by atoms with Gasteiger partial charge in [-0.15, -0.1) is 0 Å². The number of rotatable bonds is 5. The van der Waals surface area contributed by atoms with Crippen molar-refractivity contribution in [3.63, 3.8) is 0 Å². The van der Waals surface area contributed by atoms with Gasteiger partial charge in [-0.2, -0.15) is 0 Å². The largest absolute Gasteiger partial charge is 0.444 e. The Morgan fingerprint density at radius 3 is 2.61 bits per heavy atom. The standard InChI is InChI=1S/C21H20N4O3/c26-20-13-25(10-9-23-20)18-7-1-15(2-8-18)11-24-21(27)17-5-3-16(4-6-17)19-12-22-14-28-19/h1-8,12,14H,9-11,13H2,(H,23,26)(H,24,27). The molecule has 2 heterocycles. The van der Waals surface area contributed by atoms with Crippen LogP contribution in [0.25, 0.3) is 11.3 Å². The minimum absolute atomic E-state index is 0.0388. The molecule has 1 aromatic heterocycles. The predicted octanol–water partition coefficient (Wildman–Crippen LogP) is 2.21. The third-order valence-corrected chi connectivity index (χ3v) is 4.66. The number of nitrogens with zero attached hydrogens (tertiary/aromatic N) is 2. The van der Waals surface area contributed by atoms with E-state index in [2.05, 4.69) is 15.6 Å². The molecule has 0 radical (unpaired) electrons. The van der Waals surface area contributed by atoms with Crippen LogP contribution in [0.2, 0.25) is 0 Å². The molecule has 142 valence electrons. The van der Waals surface area contributed by atoms with Gasteiger partial charge in [0.25, 0.3) is 5.91 Å². The molecule has 1 aliphatic rings. The number of benzene rings is 2. The summed E-state index contributed by atoms with van der Waals surface area (Å²) in [5.74, 6) is 0.566. The summed E-state index contributed by atoms with van der Waals surface area (Å²) in [7, 11) is 0. The van der Waals surface area contributed by atoms with Crippen LogP contribution in [0.5, 0.6) is 0 Å². The Hall–Kier alpha value is -3.61. The zero-order valence-corrected chi connectivity index (χ0v) is 15.2. The number of carbonyl (C=O) groups is 2. The second kappa shape index (κ2) is 7.96. The van der Waals surface area contributed by atoms with Gasteiger partial charge in [-0.1, -0.05) is 24.3 Å². The fourth-order valence-electron chi connectivity index (χ4n) is 3.11. The average molecular weight is 376 g/mol. The first-order chi connectivity index (χ1) is 13.7. The van der Waals surface area contributed by atoms with Gasteiger partial charge >= 0.3 is 0 Å². The minimum atomic E-state index is -0.138. The van der Waals surface area contributed by atoms with E-state index in [9.17, 15) is 9.59 Å². The molecule has 0 atom stereocenters. The predicted molar refractivity (Wildman–Crippen MR) is 105 cm³/mol. The highest BCUT2D eigenvalue weighted by Crippen LogP contribution is 2.19. The highest BCUT2D eigenvalue weighted by Gasteiger charge is 2.16. The van der Waals surface area contributed by atoms with Crippen molar-refractivity contribution in [1.29, 1.82) is 0 Å². The van der Waals surface area contributed by atoms with Crippen molar-refractivity contribution in [2.24, 2.45) is 0 Å². The maximum absolute atomic E-state index is 12.4. The monoisotopic (exact) mass is 376 g/mol. The molecule has 2 aromatic carbocycles. The van der Waals surface area contributed by atoms with Crippen molar-refractivity contribution in [2.75, 3.05) is 24.5 Å². The van der Waals surface area contributed by atoms with Crippen LogP contribution in [0.3, 0.4) is 0 Å². The van der Waals surface area contributed by atoms with Gasteiger partial charge in [0.1, 0.15) is 0 Å². The Morgan fingerprint density at radius 1 is 1.14 bits per heavy atom. The number of piperazine rings is 1. The Bertz CT molecular complexity index is 950. The summed E-state index contributed by atoms with van der Waals surface area (Å²) >= 11 is 0. The maximum atomic E-state index is 12.4. The number of aromatic nitrogens is 1. The van der Waals surface area contributed by atoms with Crippen molar-refractivity contribution < 1.29 is 14.0 Å². The number of amides is 2. The fourth-order valence-corrected chi connectivity index (χ4v) is 3.11. The zero-order valence-electron chi connectivity index (χ0n) is 15.2. The average Bonchev–Trinajstić information content (AvgIpc) is 3.27. The van der Waals surface area contributed by atoms with Crippen LogP contribution < -0.4 is 15.5 Å². The van der Waals surface area contributed by atoms with Crippen LogP contribution in [-0.4, -0.2) is 36.4 Å². The van der Waals surface area contributed by atoms with Crippen LogP contribution in [0, 0.1) is 0 Å². The maximum Gasteiger partial charge on any atom is 0.251 e. The number of anilines is 1. The molecule has 0 spiro atoms. The first-order valence-electron chi connectivity index (χ1n) is 9.07. The quantitative estimate of drug-likeness (QED) is 0.713. The Kier molecular flexibility index (Phi) is 5.05. The Balaban J connectivity index is 1.33. The van der Waals surface area contributed by atoms with Crippen molar-refractivity contribution in [3.8, 4) is 11.3 Å². The summed E-state index contributed by atoms with van der Waals surface area (Å²) in [5, 5.41) is 5.74. The van der Waals surface area contributed by atoms with Crippen molar-refractivity contribution >= 4 is 17.5 Å². The Labute approximate surface area is 162 Å². The van der Waals surface area contributed by atoms with Gasteiger partial charge in [0.05, 0.1) is 12.7 Å². The topological polar surface area (TPSA) is 87.5 Å². The van der Waals surface area contributed by atoms with E-state index in [1.165, 1.54) is 6.39 Å². The molecule has 0 saturated carbocycles. The van der Waals surface area contributed by atoms with Crippen molar-refractivity contribution in [3.05, 3.63) is 72.2 Å². The highest BCUT2D eigenvalue weighted by molar-refractivity contribution is 5.94. The lowest BCUT2D eigenvalue weighted by atomic mass is 10.1. The number of nitrogens with one attached hydrogen (secondary N) is 2. The Morgan fingerprint density at radius 2 is 1.93 bits per heavy atom. The van der Waals surface area contributed by atoms with Gasteiger partial charge in [0.2, 0.25) is 5.91 Å². The molecule has 0 aliphatic carbocycles. The number of hydrogen-bond donors (Lipinski definition) is 2. The molecule has 0 unspecified atom stereocenters. The van der Waals surface area contributed by atoms with Crippen LogP contribution >= 0.6 is 0 Å². The van der Waals surface area contributed by atoms with Crippen LogP contribution in [0.1, 0.15) is 15.9 Å². The molecule has 1 aliphatic heterocycles. The summed E-state index contributed by atoms with van der Waals surface area (Å²) in [4.78, 5) is 29.8. The van der Waals surface area contributed by atoms with E-state index >= 15 is 0 Å². The van der Waals surface area contributed by atoms with Gasteiger partial charge in [-0.05, 0) is 29.8 Å². The van der Waals surface area contributed by atoms with E-state index < -0.39 is 0 Å².